The van der Waals surface area contributed by atoms with Crippen molar-refractivity contribution in [3.8, 4) is 0 Å². The number of hydrogen-bond acceptors (Lipinski definition) is 3. The molecule has 0 spiro atoms. The van der Waals surface area contributed by atoms with E-state index in [1.54, 1.807) is 17.7 Å². The molecule has 1 amide bonds. The third kappa shape index (κ3) is 2.82. The topological polar surface area (TPSA) is 67.2 Å². The number of aliphatic hydroxyl groups excluding tert-OH is 1. The number of amides is 1. The van der Waals surface area contributed by atoms with Gasteiger partial charge < -0.3 is 10.4 Å². The van der Waals surface area contributed by atoms with E-state index in [1.165, 1.54) is 0 Å². The zero-order valence-electron chi connectivity index (χ0n) is 10.0. The zero-order valence-corrected chi connectivity index (χ0v) is 10.0. The Morgan fingerprint density at radius 3 is 2.81 bits per heavy atom. The molecule has 1 aromatic heterocycles. The normalized spacial score (nSPS) is 12.5. The Balaban J connectivity index is 2.85. The van der Waals surface area contributed by atoms with Crippen LogP contribution in [0.1, 0.15) is 37.0 Å². The number of aryl methyl sites for hydroxylation is 2. The highest BCUT2D eigenvalue weighted by molar-refractivity contribution is 5.92. The maximum absolute atomic E-state index is 11.8. The van der Waals surface area contributed by atoms with Crippen molar-refractivity contribution in [2.75, 3.05) is 6.61 Å². The second kappa shape index (κ2) is 5.65. The van der Waals surface area contributed by atoms with Crippen molar-refractivity contribution in [2.24, 2.45) is 0 Å². The lowest BCUT2D eigenvalue weighted by atomic mass is 10.2. The molecule has 0 aliphatic rings. The quantitative estimate of drug-likeness (QED) is 0.770. The molecular formula is C11H19N3O2. The summed E-state index contributed by atoms with van der Waals surface area (Å²) in [6, 6.07) is 1.56. The van der Waals surface area contributed by atoms with Crippen LogP contribution in [0.4, 0.5) is 0 Å². The van der Waals surface area contributed by atoms with E-state index in [2.05, 4.69) is 10.4 Å². The highest BCUT2D eigenvalue weighted by Crippen LogP contribution is 2.05. The van der Waals surface area contributed by atoms with Gasteiger partial charge in [0, 0.05) is 12.6 Å². The van der Waals surface area contributed by atoms with E-state index < -0.39 is 0 Å². The SMILES string of the molecule is CCc1cc(C(=O)NC(C)CO)n(CC)n1. The molecule has 1 aromatic rings. The van der Waals surface area contributed by atoms with Gasteiger partial charge in [-0.3, -0.25) is 9.48 Å². The molecule has 16 heavy (non-hydrogen) atoms. The van der Waals surface area contributed by atoms with Gasteiger partial charge in [0.25, 0.3) is 5.91 Å². The minimum absolute atomic E-state index is 0.0629. The summed E-state index contributed by atoms with van der Waals surface area (Å²) in [5.41, 5.74) is 1.46. The average molecular weight is 225 g/mol. The lowest BCUT2D eigenvalue weighted by Crippen LogP contribution is -2.36. The average Bonchev–Trinajstić information content (AvgIpc) is 2.71. The molecule has 1 atom stereocenters. The Morgan fingerprint density at radius 1 is 1.62 bits per heavy atom. The first kappa shape index (κ1) is 12.7. The maximum Gasteiger partial charge on any atom is 0.269 e. The fourth-order valence-corrected chi connectivity index (χ4v) is 1.41. The molecule has 0 radical (unpaired) electrons. The van der Waals surface area contributed by atoms with Gasteiger partial charge in [0.05, 0.1) is 12.3 Å². The Hall–Kier alpha value is -1.36. The summed E-state index contributed by atoms with van der Waals surface area (Å²) in [6.07, 6.45) is 0.808. The van der Waals surface area contributed by atoms with Crippen LogP contribution in [0.3, 0.4) is 0 Å². The number of aliphatic hydroxyl groups is 1. The molecule has 0 saturated heterocycles. The molecule has 0 bridgehead atoms. The van der Waals surface area contributed by atoms with Crippen LogP contribution in [0.5, 0.6) is 0 Å². The summed E-state index contributed by atoms with van der Waals surface area (Å²) >= 11 is 0. The fraction of sp³-hybridized carbons (Fsp3) is 0.636. The van der Waals surface area contributed by atoms with Crippen LogP contribution >= 0.6 is 0 Å². The molecule has 0 saturated carbocycles. The first-order valence-electron chi connectivity index (χ1n) is 5.60. The third-order valence-electron chi connectivity index (χ3n) is 2.38. The van der Waals surface area contributed by atoms with Crippen LogP contribution in [-0.4, -0.2) is 33.4 Å². The molecule has 0 aliphatic heterocycles. The smallest absolute Gasteiger partial charge is 0.269 e. The largest absolute Gasteiger partial charge is 0.394 e. The van der Waals surface area contributed by atoms with Crippen LogP contribution in [-0.2, 0) is 13.0 Å². The standard InChI is InChI=1S/C11H19N3O2/c1-4-9-6-10(14(5-2)13-9)11(16)12-8(3)7-15/h6,8,15H,4-5,7H2,1-3H3,(H,12,16). The Labute approximate surface area is 95.5 Å². The van der Waals surface area contributed by atoms with Gasteiger partial charge in [0.2, 0.25) is 0 Å². The molecule has 0 aromatic carbocycles. The van der Waals surface area contributed by atoms with Gasteiger partial charge in [-0.1, -0.05) is 6.92 Å². The van der Waals surface area contributed by atoms with Gasteiger partial charge in [0.15, 0.2) is 0 Å². The first-order valence-corrected chi connectivity index (χ1v) is 5.60. The summed E-state index contributed by atoms with van der Waals surface area (Å²) in [4.78, 5) is 11.8. The van der Waals surface area contributed by atoms with Gasteiger partial charge in [-0.15, -0.1) is 0 Å². The Kier molecular flexibility index (Phi) is 4.49. The van der Waals surface area contributed by atoms with E-state index in [4.69, 9.17) is 5.11 Å². The van der Waals surface area contributed by atoms with Crippen molar-refractivity contribution in [2.45, 2.75) is 39.8 Å². The Bertz CT molecular complexity index is 360. The number of aromatic nitrogens is 2. The van der Waals surface area contributed by atoms with Crippen molar-refractivity contribution in [3.05, 3.63) is 17.5 Å². The second-order valence-electron chi connectivity index (χ2n) is 3.75. The number of hydrogen-bond donors (Lipinski definition) is 2. The molecule has 1 unspecified atom stereocenters. The van der Waals surface area contributed by atoms with Crippen molar-refractivity contribution in [1.82, 2.24) is 15.1 Å². The highest BCUT2D eigenvalue weighted by atomic mass is 16.3. The molecule has 0 aliphatic carbocycles. The number of nitrogens with zero attached hydrogens (tertiary/aromatic N) is 2. The molecule has 1 heterocycles. The summed E-state index contributed by atoms with van der Waals surface area (Å²) < 4.78 is 1.68. The monoisotopic (exact) mass is 225 g/mol. The zero-order chi connectivity index (χ0) is 12.1. The van der Waals surface area contributed by atoms with E-state index in [0.29, 0.717) is 12.2 Å². The van der Waals surface area contributed by atoms with Gasteiger partial charge in [0.1, 0.15) is 5.69 Å². The van der Waals surface area contributed by atoms with Gasteiger partial charge in [-0.2, -0.15) is 5.10 Å². The predicted molar refractivity (Wildman–Crippen MR) is 61.3 cm³/mol. The molecular weight excluding hydrogens is 206 g/mol. The van der Waals surface area contributed by atoms with Crippen molar-refractivity contribution >= 4 is 5.91 Å². The number of rotatable bonds is 5. The van der Waals surface area contributed by atoms with E-state index in [9.17, 15) is 4.79 Å². The first-order chi connectivity index (χ1) is 7.62. The van der Waals surface area contributed by atoms with Crippen LogP contribution in [0.25, 0.3) is 0 Å². The molecule has 2 N–H and O–H groups in total. The fourth-order valence-electron chi connectivity index (χ4n) is 1.41. The molecule has 0 fully saturated rings. The minimum atomic E-state index is -0.238. The second-order valence-corrected chi connectivity index (χ2v) is 3.75. The summed E-state index contributed by atoms with van der Waals surface area (Å²) in [6.45, 7) is 6.30. The van der Waals surface area contributed by atoms with E-state index in [1.807, 2.05) is 13.8 Å². The van der Waals surface area contributed by atoms with E-state index in [-0.39, 0.29) is 18.6 Å². The van der Waals surface area contributed by atoms with E-state index >= 15 is 0 Å². The maximum atomic E-state index is 11.8. The molecule has 5 heteroatoms. The van der Waals surface area contributed by atoms with Crippen LogP contribution in [0.15, 0.2) is 6.07 Å². The molecule has 90 valence electrons. The number of nitrogens with one attached hydrogen (secondary N) is 1. The third-order valence-corrected chi connectivity index (χ3v) is 2.38. The van der Waals surface area contributed by atoms with Crippen LogP contribution in [0, 0.1) is 0 Å². The van der Waals surface area contributed by atoms with Gasteiger partial charge >= 0.3 is 0 Å². The summed E-state index contributed by atoms with van der Waals surface area (Å²) in [5.74, 6) is -0.185. The molecule has 1 rings (SSSR count). The minimum Gasteiger partial charge on any atom is -0.394 e. The lowest BCUT2D eigenvalue weighted by Gasteiger charge is -2.11. The number of carbonyl (C=O) groups excluding carboxylic acids is 1. The van der Waals surface area contributed by atoms with E-state index in [0.717, 1.165) is 12.1 Å². The lowest BCUT2D eigenvalue weighted by molar-refractivity contribution is 0.0911. The van der Waals surface area contributed by atoms with Crippen molar-refractivity contribution in [1.29, 1.82) is 0 Å². The molecule has 5 nitrogen and oxygen atoms in total. The van der Waals surface area contributed by atoms with Gasteiger partial charge in [-0.25, -0.2) is 0 Å². The Morgan fingerprint density at radius 2 is 2.31 bits per heavy atom. The highest BCUT2D eigenvalue weighted by Gasteiger charge is 2.15. The van der Waals surface area contributed by atoms with Gasteiger partial charge in [-0.05, 0) is 26.3 Å². The van der Waals surface area contributed by atoms with Crippen LogP contribution < -0.4 is 5.32 Å². The van der Waals surface area contributed by atoms with Crippen molar-refractivity contribution < 1.29 is 9.90 Å². The van der Waals surface area contributed by atoms with Crippen LogP contribution in [0.2, 0.25) is 0 Å². The summed E-state index contributed by atoms with van der Waals surface area (Å²) in [7, 11) is 0. The number of carbonyl (C=O) groups is 1. The predicted octanol–water partition coefficient (Wildman–Crippen LogP) is 0.576. The summed E-state index contributed by atoms with van der Waals surface area (Å²) in [5, 5.41) is 15.9. The van der Waals surface area contributed by atoms with Crippen molar-refractivity contribution in [3.63, 3.8) is 0 Å².